The van der Waals surface area contributed by atoms with Crippen molar-refractivity contribution in [3.05, 3.63) is 35.6 Å². The molecule has 1 aromatic carbocycles. The van der Waals surface area contributed by atoms with Gasteiger partial charge in [-0.05, 0) is 24.6 Å². The van der Waals surface area contributed by atoms with Gasteiger partial charge in [0.25, 0.3) is 0 Å². The summed E-state index contributed by atoms with van der Waals surface area (Å²) < 4.78 is 40.8. The van der Waals surface area contributed by atoms with Gasteiger partial charge in [0.1, 0.15) is 5.76 Å². The van der Waals surface area contributed by atoms with Gasteiger partial charge in [0.2, 0.25) is 22.7 Å². The highest BCUT2D eigenvalue weighted by molar-refractivity contribution is 7.88. The molecule has 0 unspecified atom stereocenters. The van der Waals surface area contributed by atoms with Gasteiger partial charge in [-0.1, -0.05) is 11.2 Å². The molecule has 26 heavy (non-hydrogen) atoms. The van der Waals surface area contributed by atoms with Crippen molar-refractivity contribution < 1.29 is 27.2 Å². The highest BCUT2D eigenvalue weighted by Gasteiger charge is 2.20. The second-order valence-corrected chi connectivity index (χ2v) is 7.89. The van der Waals surface area contributed by atoms with E-state index in [-0.39, 0.29) is 32.2 Å². The van der Waals surface area contributed by atoms with Crippen LogP contribution in [0, 0.1) is 6.92 Å². The summed E-state index contributed by atoms with van der Waals surface area (Å²) in [5, 5.41) is 6.23. The number of anilines is 1. The van der Waals surface area contributed by atoms with E-state index in [1.165, 1.54) is 4.31 Å². The number of hydrogen-bond acceptors (Lipinski definition) is 7. The van der Waals surface area contributed by atoms with Crippen molar-refractivity contribution in [1.29, 1.82) is 0 Å². The van der Waals surface area contributed by atoms with Crippen LogP contribution in [0.3, 0.4) is 0 Å². The van der Waals surface area contributed by atoms with E-state index in [1.54, 1.807) is 31.2 Å². The summed E-state index contributed by atoms with van der Waals surface area (Å²) in [5.41, 5.74) is 0.743. The number of carbonyl (C=O) groups excluding carboxylic acids is 1. The van der Waals surface area contributed by atoms with Crippen molar-refractivity contribution in [3.63, 3.8) is 0 Å². The first-order valence-electron chi connectivity index (χ1n) is 7.88. The molecule has 0 radical (unpaired) electrons. The highest BCUT2D eigenvalue weighted by Crippen LogP contribution is 2.33. The van der Waals surface area contributed by atoms with Crippen LogP contribution in [0.5, 0.6) is 11.5 Å². The number of aryl methyl sites for hydroxylation is 1. The van der Waals surface area contributed by atoms with Crippen LogP contribution >= 0.6 is 0 Å². The van der Waals surface area contributed by atoms with Crippen molar-refractivity contribution >= 4 is 21.7 Å². The Morgan fingerprint density at radius 1 is 1.27 bits per heavy atom. The average molecular weight is 381 g/mol. The molecule has 0 spiro atoms. The molecule has 9 nitrogen and oxygen atoms in total. The Morgan fingerprint density at radius 3 is 2.73 bits per heavy atom. The third kappa shape index (κ3) is 4.52. The minimum absolute atomic E-state index is 0.0104. The van der Waals surface area contributed by atoms with Crippen molar-refractivity contribution in [2.24, 2.45) is 0 Å². The summed E-state index contributed by atoms with van der Waals surface area (Å²) in [6.45, 7) is 2.03. The number of hydrogen-bond donors (Lipinski definition) is 1. The second kappa shape index (κ2) is 7.34. The standard InChI is InChI=1S/C16H19N3O6S/c1-11-7-15(18-25-11)17-16(20)5-6-19(26(2,21)22)9-12-3-4-13-14(8-12)24-10-23-13/h3-4,7-8H,5-6,9-10H2,1-2H3,(H,17,18,20). The molecule has 1 N–H and O–H groups in total. The molecule has 0 bridgehead atoms. The molecular formula is C16H19N3O6S. The number of carbonyl (C=O) groups is 1. The van der Waals surface area contributed by atoms with E-state index in [4.69, 9.17) is 14.0 Å². The van der Waals surface area contributed by atoms with E-state index in [9.17, 15) is 13.2 Å². The Balaban J connectivity index is 1.62. The monoisotopic (exact) mass is 381 g/mol. The van der Waals surface area contributed by atoms with Crippen molar-refractivity contribution in [2.75, 3.05) is 24.9 Å². The first-order chi connectivity index (χ1) is 12.3. The number of sulfonamides is 1. The Morgan fingerprint density at radius 2 is 2.04 bits per heavy atom. The molecule has 1 aromatic heterocycles. The summed E-state index contributed by atoms with van der Waals surface area (Å²) in [7, 11) is -3.49. The van der Waals surface area contributed by atoms with E-state index >= 15 is 0 Å². The lowest BCUT2D eigenvalue weighted by Crippen LogP contribution is -2.32. The normalized spacial score (nSPS) is 13.2. The van der Waals surface area contributed by atoms with Gasteiger partial charge in [-0.3, -0.25) is 4.79 Å². The van der Waals surface area contributed by atoms with Gasteiger partial charge >= 0.3 is 0 Å². The topological polar surface area (TPSA) is 111 Å². The molecule has 140 valence electrons. The molecule has 0 atom stereocenters. The van der Waals surface area contributed by atoms with Gasteiger partial charge in [0.15, 0.2) is 17.3 Å². The van der Waals surface area contributed by atoms with E-state index < -0.39 is 10.0 Å². The molecule has 0 aliphatic carbocycles. The summed E-state index contributed by atoms with van der Waals surface area (Å²) >= 11 is 0. The first kappa shape index (κ1) is 18.2. The Hall–Kier alpha value is -2.59. The molecule has 1 aliphatic heterocycles. The fourth-order valence-corrected chi connectivity index (χ4v) is 3.27. The number of nitrogens with zero attached hydrogens (tertiary/aromatic N) is 2. The van der Waals surface area contributed by atoms with Crippen LogP contribution in [0.15, 0.2) is 28.8 Å². The van der Waals surface area contributed by atoms with Gasteiger partial charge < -0.3 is 19.3 Å². The third-order valence-electron chi connectivity index (χ3n) is 3.75. The summed E-state index contributed by atoms with van der Waals surface area (Å²) in [5.74, 6) is 1.73. The van der Waals surface area contributed by atoms with Crippen LogP contribution in [0.25, 0.3) is 0 Å². The zero-order chi connectivity index (χ0) is 18.7. The van der Waals surface area contributed by atoms with E-state index in [0.717, 1.165) is 11.8 Å². The molecular weight excluding hydrogens is 362 g/mol. The quantitative estimate of drug-likeness (QED) is 0.774. The number of fused-ring (bicyclic) bond motifs is 1. The highest BCUT2D eigenvalue weighted by atomic mass is 32.2. The lowest BCUT2D eigenvalue weighted by Gasteiger charge is -2.19. The Labute approximate surface area is 150 Å². The number of amides is 1. The smallest absolute Gasteiger partial charge is 0.231 e. The van der Waals surface area contributed by atoms with E-state index in [2.05, 4.69) is 10.5 Å². The molecule has 10 heteroatoms. The Kier molecular flexibility index (Phi) is 5.14. The maximum atomic E-state index is 12.1. The van der Waals surface area contributed by atoms with E-state index in [1.807, 2.05) is 0 Å². The molecule has 0 saturated carbocycles. The molecule has 2 heterocycles. The summed E-state index contributed by atoms with van der Waals surface area (Å²) in [6, 6.07) is 6.82. The molecule has 0 saturated heterocycles. The molecule has 3 rings (SSSR count). The predicted molar refractivity (Wildman–Crippen MR) is 92.3 cm³/mol. The van der Waals surface area contributed by atoms with Gasteiger partial charge in [-0.2, -0.15) is 4.31 Å². The van der Waals surface area contributed by atoms with Gasteiger partial charge in [0, 0.05) is 25.6 Å². The van der Waals surface area contributed by atoms with E-state index in [0.29, 0.717) is 23.1 Å². The van der Waals surface area contributed by atoms with Crippen molar-refractivity contribution in [1.82, 2.24) is 9.46 Å². The maximum absolute atomic E-state index is 12.1. The molecule has 0 fully saturated rings. The lowest BCUT2D eigenvalue weighted by atomic mass is 10.2. The minimum atomic E-state index is -3.49. The van der Waals surface area contributed by atoms with Crippen LogP contribution < -0.4 is 14.8 Å². The van der Waals surface area contributed by atoms with Crippen molar-refractivity contribution in [3.8, 4) is 11.5 Å². The zero-order valence-corrected chi connectivity index (χ0v) is 15.2. The molecule has 2 aromatic rings. The minimum Gasteiger partial charge on any atom is -0.454 e. The fourth-order valence-electron chi connectivity index (χ4n) is 2.46. The summed E-state index contributed by atoms with van der Waals surface area (Å²) in [6.07, 6.45) is 1.10. The van der Waals surface area contributed by atoms with Gasteiger partial charge in [0.05, 0.1) is 6.26 Å². The largest absolute Gasteiger partial charge is 0.454 e. The fraction of sp³-hybridized carbons (Fsp3) is 0.375. The number of rotatable bonds is 7. The van der Waals surface area contributed by atoms with Crippen LogP contribution in [-0.2, 0) is 21.4 Å². The van der Waals surface area contributed by atoms with Crippen LogP contribution in [-0.4, -0.2) is 43.4 Å². The van der Waals surface area contributed by atoms with Gasteiger partial charge in [-0.15, -0.1) is 0 Å². The number of nitrogens with one attached hydrogen (secondary N) is 1. The third-order valence-corrected chi connectivity index (χ3v) is 5.00. The first-order valence-corrected chi connectivity index (χ1v) is 9.73. The SMILES string of the molecule is Cc1cc(NC(=O)CCN(Cc2ccc3c(c2)OCO3)S(C)(=O)=O)no1. The zero-order valence-electron chi connectivity index (χ0n) is 14.4. The van der Waals surface area contributed by atoms with Gasteiger partial charge in [-0.25, -0.2) is 8.42 Å². The lowest BCUT2D eigenvalue weighted by molar-refractivity contribution is -0.116. The second-order valence-electron chi connectivity index (χ2n) is 5.91. The average Bonchev–Trinajstić information content (AvgIpc) is 3.18. The number of aromatic nitrogens is 1. The predicted octanol–water partition coefficient (Wildman–Crippen LogP) is 1.50. The van der Waals surface area contributed by atoms with Crippen molar-refractivity contribution in [2.45, 2.75) is 19.9 Å². The molecule has 1 aliphatic rings. The Bertz CT molecular complexity index is 908. The molecule has 1 amide bonds. The maximum Gasteiger partial charge on any atom is 0.231 e. The number of benzene rings is 1. The van der Waals surface area contributed by atoms with Crippen LogP contribution in [0.4, 0.5) is 5.82 Å². The number of ether oxygens (including phenoxy) is 2. The van der Waals surface area contributed by atoms with Crippen LogP contribution in [0.2, 0.25) is 0 Å². The summed E-state index contributed by atoms with van der Waals surface area (Å²) in [4.78, 5) is 12.0. The van der Waals surface area contributed by atoms with Crippen LogP contribution in [0.1, 0.15) is 17.7 Å².